The molecule has 2 aromatic rings. The second-order valence-electron chi connectivity index (χ2n) is 8.03. The highest BCUT2D eigenvalue weighted by Gasteiger charge is 2.35. The molecule has 31 heavy (non-hydrogen) atoms. The number of anilines is 2. The molecule has 6 nitrogen and oxygen atoms in total. The summed E-state index contributed by atoms with van der Waals surface area (Å²) in [5, 5.41) is 2.63. The number of nitrogens with zero attached hydrogens (tertiary/aromatic N) is 3. The van der Waals surface area contributed by atoms with Gasteiger partial charge in [0.15, 0.2) is 0 Å². The third-order valence-electron chi connectivity index (χ3n) is 5.92. The largest absolute Gasteiger partial charge is 0.496 e. The van der Waals surface area contributed by atoms with Gasteiger partial charge in [-0.15, -0.1) is 0 Å². The van der Waals surface area contributed by atoms with Crippen LogP contribution in [-0.2, 0) is 23.8 Å². The normalized spacial score (nSPS) is 19.0. The fourth-order valence-electron chi connectivity index (χ4n) is 4.22. The lowest BCUT2D eigenvalue weighted by molar-refractivity contribution is -0.138. The Kier molecular flexibility index (Phi) is 6.02. The Balaban J connectivity index is 1.44. The molecular formula is C22H25F3N4O2. The number of aryl methyl sites for hydroxylation is 1. The Bertz CT molecular complexity index is 958. The molecule has 9 heteroatoms. The average molecular weight is 434 g/mol. The lowest BCUT2D eigenvalue weighted by Crippen LogP contribution is -2.32. The number of amides is 1. The van der Waals surface area contributed by atoms with Crippen LogP contribution in [0.5, 0.6) is 5.75 Å². The van der Waals surface area contributed by atoms with Crippen LogP contribution in [0.25, 0.3) is 0 Å². The first-order chi connectivity index (χ1) is 14.8. The molecule has 1 aromatic carbocycles. The van der Waals surface area contributed by atoms with E-state index in [1.54, 1.807) is 6.20 Å². The molecule has 1 N–H and O–H groups in total. The van der Waals surface area contributed by atoms with E-state index in [9.17, 15) is 18.0 Å². The van der Waals surface area contributed by atoms with Crippen molar-refractivity contribution in [3.8, 4) is 5.75 Å². The third-order valence-corrected chi connectivity index (χ3v) is 5.92. The van der Waals surface area contributed by atoms with Crippen LogP contribution in [0.3, 0.4) is 0 Å². The van der Waals surface area contributed by atoms with E-state index in [1.807, 2.05) is 0 Å². The number of carbonyl (C=O) groups excluding carboxylic acids is 1. The number of fused-ring (bicyclic) bond motifs is 1. The van der Waals surface area contributed by atoms with Crippen LogP contribution in [0.2, 0.25) is 0 Å². The first kappa shape index (κ1) is 21.4. The van der Waals surface area contributed by atoms with E-state index in [-0.39, 0.29) is 23.3 Å². The van der Waals surface area contributed by atoms with Crippen molar-refractivity contribution >= 4 is 17.5 Å². The SMILES string of the molecule is COc1ccc(NC(=O)C2CCc3nc(N4CCCCC4)ncc3C2)cc1C(F)(F)F. The van der Waals surface area contributed by atoms with Crippen molar-refractivity contribution in [3.05, 3.63) is 41.2 Å². The van der Waals surface area contributed by atoms with Crippen molar-refractivity contribution in [2.45, 2.75) is 44.7 Å². The number of hydrogen-bond donors (Lipinski definition) is 1. The lowest BCUT2D eigenvalue weighted by Gasteiger charge is -2.28. The highest BCUT2D eigenvalue weighted by molar-refractivity contribution is 5.93. The molecule has 1 aliphatic heterocycles. The molecule has 1 atom stereocenters. The van der Waals surface area contributed by atoms with Crippen molar-refractivity contribution in [2.75, 3.05) is 30.4 Å². The van der Waals surface area contributed by atoms with Gasteiger partial charge in [0.1, 0.15) is 5.75 Å². The van der Waals surface area contributed by atoms with E-state index in [2.05, 4.69) is 15.2 Å². The maximum Gasteiger partial charge on any atom is 0.420 e. The summed E-state index contributed by atoms with van der Waals surface area (Å²) >= 11 is 0. The summed E-state index contributed by atoms with van der Waals surface area (Å²) in [6, 6.07) is 3.53. The zero-order valence-electron chi connectivity index (χ0n) is 17.3. The maximum atomic E-state index is 13.2. The Hall–Kier alpha value is -2.84. The quantitative estimate of drug-likeness (QED) is 0.780. The molecular weight excluding hydrogens is 409 g/mol. The lowest BCUT2D eigenvalue weighted by atomic mass is 9.86. The number of carbonyl (C=O) groups is 1. The fraction of sp³-hybridized carbons (Fsp3) is 0.500. The maximum absolute atomic E-state index is 13.2. The number of piperidine rings is 1. The second kappa shape index (κ2) is 8.72. The minimum atomic E-state index is -4.57. The molecule has 1 fully saturated rings. The predicted octanol–water partition coefficient (Wildman–Crippen LogP) is 4.24. The van der Waals surface area contributed by atoms with Crippen molar-refractivity contribution in [1.82, 2.24) is 9.97 Å². The predicted molar refractivity (Wildman–Crippen MR) is 110 cm³/mol. The third kappa shape index (κ3) is 4.75. The van der Waals surface area contributed by atoms with Gasteiger partial charge in [-0.1, -0.05) is 0 Å². The first-order valence-electron chi connectivity index (χ1n) is 10.5. The van der Waals surface area contributed by atoms with E-state index in [0.29, 0.717) is 19.3 Å². The van der Waals surface area contributed by atoms with Crippen molar-refractivity contribution < 1.29 is 22.7 Å². The molecule has 0 bridgehead atoms. The number of benzene rings is 1. The smallest absolute Gasteiger partial charge is 0.420 e. The summed E-state index contributed by atoms with van der Waals surface area (Å²) in [7, 11) is 1.18. The number of methoxy groups -OCH3 is 1. The molecule has 0 saturated carbocycles. The topological polar surface area (TPSA) is 67.3 Å². The summed E-state index contributed by atoms with van der Waals surface area (Å²) < 4.78 is 44.5. The number of hydrogen-bond acceptors (Lipinski definition) is 5. The van der Waals surface area contributed by atoms with Gasteiger partial charge in [-0.2, -0.15) is 13.2 Å². The minimum absolute atomic E-state index is 0.0978. The first-order valence-corrected chi connectivity index (χ1v) is 10.5. The van der Waals surface area contributed by atoms with Crippen molar-refractivity contribution in [3.63, 3.8) is 0 Å². The van der Waals surface area contributed by atoms with Crippen LogP contribution in [0.4, 0.5) is 24.8 Å². The monoisotopic (exact) mass is 434 g/mol. The average Bonchev–Trinajstić information content (AvgIpc) is 2.78. The van der Waals surface area contributed by atoms with Gasteiger partial charge >= 0.3 is 6.18 Å². The van der Waals surface area contributed by atoms with Gasteiger partial charge in [-0.25, -0.2) is 9.97 Å². The van der Waals surface area contributed by atoms with Crippen LogP contribution < -0.4 is 15.0 Å². The van der Waals surface area contributed by atoms with Gasteiger partial charge in [0.05, 0.1) is 12.7 Å². The molecule has 2 heterocycles. The number of rotatable bonds is 4. The van der Waals surface area contributed by atoms with Crippen LogP contribution in [0, 0.1) is 5.92 Å². The number of alkyl halides is 3. The van der Waals surface area contributed by atoms with Crippen molar-refractivity contribution in [1.29, 1.82) is 0 Å². The minimum Gasteiger partial charge on any atom is -0.496 e. The molecule has 1 saturated heterocycles. The molecule has 2 aliphatic rings. The van der Waals surface area contributed by atoms with E-state index < -0.39 is 11.7 Å². The van der Waals surface area contributed by atoms with Gasteiger partial charge in [0.25, 0.3) is 0 Å². The Morgan fingerprint density at radius 2 is 2.00 bits per heavy atom. The van der Waals surface area contributed by atoms with E-state index in [0.717, 1.165) is 49.2 Å². The second-order valence-corrected chi connectivity index (χ2v) is 8.03. The molecule has 166 valence electrons. The summed E-state index contributed by atoms with van der Waals surface area (Å²) in [5.74, 6) is -0.171. The summed E-state index contributed by atoms with van der Waals surface area (Å²) in [6.45, 7) is 1.93. The van der Waals surface area contributed by atoms with Crippen LogP contribution in [0.15, 0.2) is 24.4 Å². The number of halogens is 3. The van der Waals surface area contributed by atoms with E-state index >= 15 is 0 Å². The molecule has 0 radical (unpaired) electrons. The summed E-state index contributed by atoms with van der Waals surface area (Å²) in [6.07, 6.45) is 2.46. The van der Waals surface area contributed by atoms with Crippen LogP contribution in [0.1, 0.15) is 42.5 Å². The van der Waals surface area contributed by atoms with Gasteiger partial charge in [-0.3, -0.25) is 4.79 Å². The molecule has 4 rings (SSSR count). The molecule has 1 aromatic heterocycles. The number of ether oxygens (including phenoxy) is 1. The highest BCUT2D eigenvalue weighted by Crippen LogP contribution is 2.38. The molecule has 1 amide bonds. The Labute approximate surface area is 178 Å². The fourth-order valence-corrected chi connectivity index (χ4v) is 4.22. The van der Waals surface area contributed by atoms with Gasteiger partial charge in [0, 0.05) is 36.6 Å². The Morgan fingerprint density at radius 1 is 1.23 bits per heavy atom. The van der Waals surface area contributed by atoms with Gasteiger partial charge < -0.3 is 15.0 Å². The number of aromatic nitrogens is 2. The summed E-state index contributed by atoms with van der Waals surface area (Å²) in [5.41, 5.74) is 1.07. The highest BCUT2D eigenvalue weighted by atomic mass is 19.4. The Morgan fingerprint density at radius 3 is 2.71 bits per heavy atom. The van der Waals surface area contributed by atoms with Gasteiger partial charge in [-0.05, 0) is 62.3 Å². The van der Waals surface area contributed by atoms with Crippen LogP contribution >= 0.6 is 0 Å². The zero-order valence-corrected chi connectivity index (χ0v) is 17.3. The number of nitrogens with one attached hydrogen (secondary N) is 1. The molecule has 0 spiro atoms. The van der Waals surface area contributed by atoms with Crippen LogP contribution in [-0.4, -0.2) is 36.1 Å². The van der Waals surface area contributed by atoms with Gasteiger partial charge in [0.2, 0.25) is 11.9 Å². The van der Waals surface area contributed by atoms with Crippen molar-refractivity contribution in [2.24, 2.45) is 5.92 Å². The summed E-state index contributed by atoms with van der Waals surface area (Å²) in [4.78, 5) is 24.1. The molecule has 1 unspecified atom stereocenters. The van der Waals surface area contributed by atoms with E-state index in [1.165, 1.54) is 25.7 Å². The zero-order chi connectivity index (χ0) is 22.0. The standard InChI is InChI=1S/C22H25F3N4O2/c1-31-19-8-6-16(12-17(19)22(23,24)25)27-20(30)14-5-7-18-15(11-14)13-26-21(28-18)29-9-3-2-4-10-29/h6,8,12-14H,2-5,7,9-11H2,1H3,(H,27,30). The molecule has 1 aliphatic carbocycles. The van der Waals surface area contributed by atoms with E-state index in [4.69, 9.17) is 9.72 Å².